The van der Waals surface area contributed by atoms with Crippen LogP contribution in [0.5, 0.6) is 0 Å². The first-order valence-corrected chi connectivity index (χ1v) is 6.37. The number of rotatable bonds is 5. The highest BCUT2D eigenvalue weighted by molar-refractivity contribution is 5.87. The minimum Gasteiger partial charge on any atom is -0.481 e. The van der Waals surface area contributed by atoms with Crippen LogP contribution in [-0.2, 0) is 9.59 Å². The molecule has 2 unspecified atom stereocenters. The number of aliphatic carboxylic acids is 1. The summed E-state index contributed by atoms with van der Waals surface area (Å²) >= 11 is 0. The van der Waals surface area contributed by atoms with Gasteiger partial charge in [-0.15, -0.1) is 0 Å². The highest BCUT2D eigenvalue weighted by atomic mass is 16.4. The van der Waals surface area contributed by atoms with Gasteiger partial charge in [-0.25, -0.2) is 0 Å². The van der Waals surface area contributed by atoms with Crippen LogP contribution in [0.1, 0.15) is 13.3 Å². The Bertz CT molecular complexity index is 415. The average Bonchev–Trinajstić information content (AvgIpc) is 2.98. The lowest BCUT2D eigenvalue weighted by molar-refractivity contribution is -0.148. The van der Waals surface area contributed by atoms with Crippen LogP contribution in [0.3, 0.4) is 0 Å². The number of amides is 1. The molecular weight excluding hydrogens is 250 g/mol. The van der Waals surface area contributed by atoms with Gasteiger partial charge < -0.3 is 20.6 Å². The lowest BCUT2D eigenvalue weighted by Crippen LogP contribution is -2.55. The van der Waals surface area contributed by atoms with Gasteiger partial charge >= 0.3 is 5.97 Å². The number of carbonyl (C=O) groups excluding carboxylic acids is 1. The van der Waals surface area contributed by atoms with Crippen LogP contribution < -0.4 is 5.32 Å². The van der Waals surface area contributed by atoms with Crippen molar-refractivity contribution in [1.82, 2.24) is 5.32 Å². The minimum atomic E-state index is -1.12. The zero-order chi connectivity index (χ0) is 14.2. The molecule has 0 heterocycles. The molecule has 6 heteroatoms. The maximum Gasteiger partial charge on any atom is 0.307 e. The number of carboxylic acids is 1. The van der Waals surface area contributed by atoms with Gasteiger partial charge in [0, 0.05) is 0 Å². The molecule has 1 saturated carbocycles. The summed E-state index contributed by atoms with van der Waals surface area (Å²) in [5.74, 6) is -2.86. The first-order chi connectivity index (χ1) is 8.91. The van der Waals surface area contributed by atoms with Gasteiger partial charge in [-0.05, 0) is 25.2 Å². The summed E-state index contributed by atoms with van der Waals surface area (Å²) < 4.78 is 0. The number of hydrogen-bond donors (Lipinski definition) is 4. The topological polar surface area (TPSA) is 107 Å². The third-order valence-corrected chi connectivity index (χ3v) is 4.17. The predicted octanol–water partition coefficient (Wildman–Crippen LogP) is -0.631. The molecule has 6 nitrogen and oxygen atoms in total. The van der Waals surface area contributed by atoms with Crippen LogP contribution >= 0.6 is 0 Å². The summed E-state index contributed by atoms with van der Waals surface area (Å²) in [5.41, 5.74) is -1.12. The van der Waals surface area contributed by atoms with E-state index in [1.165, 1.54) is 6.92 Å². The summed E-state index contributed by atoms with van der Waals surface area (Å²) in [7, 11) is 0. The lowest BCUT2D eigenvalue weighted by atomic mass is 9.82. The third kappa shape index (κ3) is 2.37. The van der Waals surface area contributed by atoms with Crippen molar-refractivity contribution in [2.45, 2.75) is 18.9 Å². The number of allylic oxidation sites excluding steroid dienone is 2. The van der Waals surface area contributed by atoms with Crippen molar-refractivity contribution in [2.24, 2.45) is 23.7 Å². The molecule has 2 aliphatic rings. The van der Waals surface area contributed by atoms with Gasteiger partial charge in [-0.1, -0.05) is 12.2 Å². The van der Waals surface area contributed by atoms with Crippen molar-refractivity contribution in [1.29, 1.82) is 0 Å². The van der Waals surface area contributed by atoms with E-state index in [-0.39, 0.29) is 11.8 Å². The Labute approximate surface area is 111 Å². The van der Waals surface area contributed by atoms with Gasteiger partial charge in [0.15, 0.2) is 0 Å². The number of carboxylic acid groups (broad SMARTS) is 1. The molecule has 0 aromatic rings. The van der Waals surface area contributed by atoms with E-state index in [9.17, 15) is 24.9 Å². The number of aliphatic hydroxyl groups excluding tert-OH is 2. The molecule has 1 amide bonds. The molecule has 0 saturated heterocycles. The Kier molecular flexibility index (Phi) is 3.64. The number of hydrogen-bond acceptors (Lipinski definition) is 4. The number of fused-ring (bicyclic) bond motifs is 2. The SMILES string of the molecule is CC(CO)(CO)NC(=O)[C@H]1C2C=CC(C2)[C@H]1C(=O)O. The Morgan fingerprint density at radius 1 is 1.21 bits per heavy atom. The third-order valence-electron chi connectivity index (χ3n) is 4.17. The molecule has 0 aromatic carbocycles. The second kappa shape index (κ2) is 4.94. The maximum atomic E-state index is 12.3. The van der Waals surface area contributed by atoms with E-state index in [1.807, 2.05) is 12.2 Å². The fourth-order valence-corrected chi connectivity index (χ4v) is 3.03. The lowest BCUT2D eigenvalue weighted by Gasteiger charge is -2.31. The van der Waals surface area contributed by atoms with Gasteiger partial charge in [0.2, 0.25) is 5.91 Å². The number of carbonyl (C=O) groups is 2. The molecule has 0 aromatic heterocycles. The van der Waals surface area contributed by atoms with Crippen molar-refractivity contribution in [3.05, 3.63) is 12.2 Å². The van der Waals surface area contributed by atoms with Crippen LogP contribution in [0, 0.1) is 23.7 Å². The zero-order valence-corrected chi connectivity index (χ0v) is 10.7. The second-order valence-electron chi connectivity index (χ2n) is 5.70. The van der Waals surface area contributed by atoms with Crippen LogP contribution in [0.15, 0.2) is 12.2 Å². The van der Waals surface area contributed by atoms with Crippen molar-refractivity contribution >= 4 is 11.9 Å². The molecule has 4 N–H and O–H groups in total. The smallest absolute Gasteiger partial charge is 0.307 e. The van der Waals surface area contributed by atoms with Gasteiger partial charge in [0.1, 0.15) is 0 Å². The minimum absolute atomic E-state index is 0.0623. The second-order valence-corrected chi connectivity index (χ2v) is 5.70. The van der Waals surface area contributed by atoms with E-state index in [0.29, 0.717) is 6.42 Å². The first-order valence-electron chi connectivity index (χ1n) is 6.37. The maximum absolute atomic E-state index is 12.3. The molecule has 4 atom stereocenters. The van der Waals surface area contributed by atoms with E-state index in [1.54, 1.807) is 0 Å². The number of aliphatic hydroxyl groups is 2. The van der Waals surface area contributed by atoms with Crippen LogP contribution in [0.4, 0.5) is 0 Å². The van der Waals surface area contributed by atoms with E-state index in [4.69, 9.17) is 0 Å². The molecule has 19 heavy (non-hydrogen) atoms. The average molecular weight is 269 g/mol. The quantitative estimate of drug-likeness (QED) is 0.497. The molecule has 106 valence electrons. The van der Waals surface area contributed by atoms with E-state index in [0.717, 1.165) is 0 Å². The highest BCUT2D eigenvalue weighted by Gasteiger charge is 2.52. The summed E-state index contributed by atoms with van der Waals surface area (Å²) in [4.78, 5) is 23.6. The van der Waals surface area contributed by atoms with E-state index in [2.05, 4.69) is 5.32 Å². The van der Waals surface area contributed by atoms with Gasteiger partial charge in [-0.2, -0.15) is 0 Å². The molecule has 0 aliphatic heterocycles. The van der Waals surface area contributed by atoms with E-state index < -0.39 is 42.5 Å². The molecule has 2 rings (SSSR count). The van der Waals surface area contributed by atoms with Crippen molar-refractivity contribution in [3.63, 3.8) is 0 Å². The largest absolute Gasteiger partial charge is 0.481 e. The van der Waals surface area contributed by atoms with Gasteiger partial charge in [0.25, 0.3) is 0 Å². The molecule has 1 fully saturated rings. The van der Waals surface area contributed by atoms with E-state index >= 15 is 0 Å². The normalized spacial score (nSPS) is 32.6. The molecule has 0 radical (unpaired) electrons. The fraction of sp³-hybridized carbons (Fsp3) is 0.692. The Balaban J connectivity index is 2.14. The highest BCUT2D eigenvalue weighted by Crippen LogP contribution is 2.48. The molecule has 2 bridgehead atoms. The summed E-state index contributed by atoms with van der Waals surface area (Å²) in [6.45, 7) is 0.719. The molecule has 0 spiro atoms. The summed E-state index contributed by atoms with van der Waals surface area (Å²) in [6, 6.07) is 0. The number of nitrogens with one attached hydrogen (secondary N) is 1. The van der Waals surface area contributed by atoms with Crippen LogP contribution in [-0.4, -0.2) is 45.9 Å². The predicted molar refractivity (Wildman–Crippen MR) is 66.1 cm³/mol. The Morgan fingerprint density at radius 2 is 1.74 bits per heavy atom. The first kappa shape index (κ1) is 14.0. The Morgan fingerprint density at radius 3 is 2.21 bits per heavy atom. The fourth-order valence-electron chi connectivity index (χ4n) is 3.03. The van der Waals surface area contributed by atoms with Crippen molar-refractivity contribution in [3.8, 4) is 0 Å². The van der Waals surface area contributed by atoms with Crippen molar-refractivity contribution < 1.29 is 24.9 Å². The molecular formula is C13H19NO5. The molecule has 2 aliphatic carbocycles. The standard InChI is InChI=1S/C13H19NO5/c1-13(5-15,6-16)14-11(17)9-7-2-3-8(4-7)10(9)12(18)19/h2-3,7-10,15-16H,4-6H2,1H3,(H,14,17)(H,18,19)/t7?,8?,9-,10+/m0/s1. The van der Waals surface area contributed by atoms with Crippen molar-refractivity contribution in [2.75, 3.05) is 13.2 Å². The monoisotopic (exact) mass is 269 g/mol. The summed E-state index contributed by atoms with van der Waals surface area (Å²) in [6.07, 6.45) is 4.44. The summed E-state index contributed by atoms with van der Waals surface area (Å²) in [5, 5.41) is 30.2. The Hall–Kier alpha value is -1.40. The van der Waals surface area contributed by atoms with Crippen LogP contribution in [0.2, 0.25) is 0 Å². The van der Waals surface area contributed by atoms with Gasteiger partial charge in [-0.3, -0.25) is 9.59 Å². The zero-order valence-electron chi connectivity index (χ0n) is 10.7. The van der Waals surface area contributed by atoms with Crippen LogP contribution in [0.25, 0.3) is 0 Å². The van der Waals surface area contributed by atoms with Gasteiger partial charge in [0.05, 0.1) is 30.6 Å².